The molecule has 0 bridgehead atoms. The Labute approximate surface area is 98.3 Å². The number of hydrogen-bond acceptors (Lipinski definition) is 3. The molecule has 1 aliphatic rings. The molecule has 1 heterocycles. The van der Waals surface area contributed by atoms with E-state index in [4.69, 9.17) is 4.74 Å². The number of carbonyl (C=O) groups is 1. The van der Waals surface area contributed by atoms with Crippen molar-refractivity contribution in [3.8, 4) is 0 Å². The van der Waals surface area contributed by atoms with Crippen molar-refractivity contribution < 1.29 is 9.53 Å². The van der Waals surface area contributed by atoms with Crippen molar-refractivity contribution in [1.82, 2.24) is 10.2 Å². The van der Waals surface area contributed by atoms with Gasteiger partial charge in [-0.2, -0.15) is 0 Å². The van der Waals surface area contributed by atoms with Gasteiger partial charge in [-0.1, -0.05) is 0 Å². The average molecular weight is 228 g/mol. The van der Waals surface area contributed by atoms with Crippen LogP contribution in [0.15, 0.2) is 0 Å². The van der Waals surface area contributed by atoms with Crippen LogP contribution >= 0.6 is 0 Å². The fraction of sp³-hybridized carbons (Fsp3) is 0.917. The van der Waals surface area contributed by atoms with E-state index in [1.54, 1.807) is 19.0 Å². The van der Waals surface area contributed by atoms with E-state index in [9.17, 15) is 4.79 Å². The van der Waals surface area contributed by atoms with Crippen LogP contribution < -0.4 is 5.32 Å². The Balaban J connectivity index is 2.12. The van der Waals surface area contributed by atoms with Gasteiger partial charge < -0.3 is 15.0 Å². The molecule has 0 aromatic rings. The maximum atomic E-state index is 11.3. The molecular weight excluding hydrogens is 204 g/mol. The minimum atomic E-state index is -0.0284. The molecule has 1 fully saturated rings. The largest absolute Gasteiger partial charge is 0.374 e. The third-order valence-corrected chi connectivity index (χ3v) is 3.04. The Morgan fingerprint density at radius 1 is 1.50 bits per heavy atom. The van der Waals surface area contributed by atoms with Gasteiger partial charge in [0.25, 0.3) is 0 Å². The molecule has 1 aliphatic heterocycles. The Bertz CT molecular complexity index is 223. The summed E-state index contributed by atoms with van der Waals surface area (Å²) >= 11 is 0. The molecule has 0 aromatic carbocycles. The fourth-order valence-electron chi connectivity index (χ4n) is 1.92. The van der Waals surface area contributed by atoms with Gasteiger partial charge in [0, 0.05) is 33.7 Å². The van der Waals surface area contributed by atoms with E-state index in [2.05, 4.69) is 12.2 Å². The van der Waals surface area contributed by atoms with Crippen molar-refractivity contribution >= 4 is 5.91 Å². The van der Waals surface area contributed by atoms with Crippen molar-refractivity contribution in [2.24, 2.45) is 0 Å². The molecule has 4 nitrogen and oxygen atoms in total. The predicted molar refractivity (Wildman–Crippen MR) is 64.4 cm³/mol. The fourth-order valence-corrected chi connectivity index (χ4v) is 1.92. The van der Waals surface area contributed by atoms with Crippen LogP contribution in [0.5, 0.6) is 0 Å². The van der Waals surface area contributed by atoms with Crippen LogP contribution in [-0.4, -0.2) is 50.2 Å². The molecule has 0 aliphatic carbocycles. The summed E-state index contributed by atoms with van der Waals surface area (Å²) in [5, 5.41) is 3.34. The number of ether oxygens (including phenoxy) is 1. The minimum Gasteiger partial charge on any atom is -0.374 e. The predicted octanol–water partition coefficient (Wildman–Crippen LogP) is 1.01. The molecule has 1 atom stereocenters. The monoisotopic (exact) mass is 228 g/mol. The Morgan fingerprint density at radius 2 is 2.25 bits per heavy atom. The van der Waals surface area contributed by atoms with Gasteiger partial charge in [-0.05, 0) is 32.7 Å². The highest BCUT2D eigenvalue weighted by atomic mass is 16.5. The zero-order chi connectivity index (χ0) is 12.0. The second kappa shape index (κ2) is 6.21. The van der Waals surface area contributed by atoms with Gasteiger partial charge in [-0.3, -0.25) is 4.79 Å². The molecule has 0 radical (unpaired) electrons. The van der Waals surface area contributed by atoms with E-state index in [1.807, 2.05) is 0 Å². The van der Waals surface area contributed by atoms with Gasteiger partial charge in [-0.25, -0.2) is 0 Å². The highest BCUT2D eigenvalue weighted by Gasteiger charge is 2.26. The molecule has 0 aromatic heterocycles. The Morgan fingerprint density at radius 3 is 2.81 bits per heavy atom. The second-order valence-electron chi connectivity index (χ2n) is 4.97. The van der Waals surface area contributed by atoms with E-state index < -0.39 is 0 Å². The minimum absolute atomic E-state index is 0.0284. The number of rotatable bonds is 5. The first-order valence-electron chi connectivity index (χ1n) is 6.08. The van der Waals surface area contributed by atoms with Crippen LogP contribution in [0, 0.1) is 0 Å². The normalized spacial score (nSPS) is 25.4. The van der Waals surface area contributed by atoms with E-state index in [1.165, 1.54) is 6.42 Å². The van der Waals surface area contributed by atoms with Gasteiger partial charge in [0.05, 0.1) is 5.60 Å². The van der Waals surface area contributed by atoms with Gasteiger partial charge in [0.15, 0.2) is 0 Å². The zero-order valence-corrected chi connectivity index (χ0v) is 10.7. The van der Waals surface area contributed by atoms with E-state index in [0.29, 0.717) is 13.0 Å². The number of piperidine rings is 1. The highest BCUT2D eigenvalue weighted by Crippen LogP contribution is 2.20. The second-order valence-corrected chi connectivity index (χ2v) is 4.97. The molecule has 1 unspecified atom stereocenters. The smallest absolute Gasteiger partial charge is 0.222 e. The van der Waals surface area contributed by atoms with Gasteiger partial charge in [0.1, 0.15) is 0 Å². The van der Waals surface area contributed by atoms with Gasteiger partial charge in [-0.15, -0.1) is 0 Å². The van der Waals surface area contributed by atoms with Crippen LogP contribution in [0.3, 0.4) is 0 Å². The molecule has 16 heavy (non-hydrogen) atoms. The molecule has 1 saturated heterocycles. The van der Waals surface area contributed by atoms with Crippen LogP contribution in [0.4, 0.5) is 0 Å². The van der Waals surface area contributed by atoms with E-state index in [-0.39, 0.29) is 11.5 Å². The lowest BCUT2D eigenvalue weighted by Gasteiger charge is -2.34. The molecule has 94 valence electrons. The standard InChI is InChI=1S/C12H24N2O2/c1-12(7-5-8-13-10-12)16-9-4-6-11(15)14(2)3/h13H,4-10H2,1-3H3. The summed E-state index contributed by atoms with van der Waals surface area (Å²) in [7, 11) is 3.57. The van der Waals surface area contributed by atoms with Crippen LogP contribution in [0.2, 0.25) is 0 Å². The SMILES string of the molecule is CN(C)C(=O)CCCOC1(C)CCCNC1. The number of nitrogens with one attached hydrogen (secondary N) is 1. The lowest BCUT2D eigenvalue weighted by molar-refractivity contribution is -0.129. The molecule has 0 spiro atoms. The molecule has 0 saturated carbocycles. The van der Waals surface area contributed by atoms with Crippen molar-refractivity contribution in [3.63, 3.8) is 0 Å². The first-order chi connectivity index (χ1) is 7.53. The molecule has 1 rings (SSSR count). The third-order valence-electron chi connectivity index (χ3n) is 3.04. The topological polar surface area (TPSA) is 41.6 Å². The van der Waals surface area contributed by atoms with Gasteiger partial charge in [0.2, 0.25) is 5.91 Å². The number of hydrogen-bond donors (Lipinski definition) is 1. The average Bonchev–Trinajstić information content (AvgIpc) is 2.25. The maximum absolute atomic E-state index is 11.3. The van der Waals surface area contributed by atoms with Crippen molar-refractivity contribution in [2.75, 3.05) is 33.8 Å². The quantitative estimate of drug-likeness (QED) is 0.714. The molecule has 1 amide bonds. The summed E-state index contributed by atoms with van der Waals surface area (Å²) in [6.45, 7) is 4.84. The summed E-state index contributed by atoms with van der Waals surface area (Å²) in [5.41, 5.74) is -0.0284. The summed E-state index contributed by atoms with van der Waals surface area (Å²) in [5.74, 6) is 0.176. The van der Waals surface area contributed by atoms with E-state index in [0.717, 1.165) is 25.9 Å². The third kappa shape index (κ3) is 4.49. The number of carbonyl (C=O) groups excluding carboxylic acids is 1. The molecule has 4 heteroatoms. The molecule has 1 N–H and O–H groups in total. The van der Waals surface area contributed by atoms with Crippen LogP contribution in [0.1, 0.15) is 32.6 Å². The summed E-state index contributed by atoms with van der Waals surface area (Å²) < 4.78 is 5.87. The van der Waals surface area contributed by atoms with E-state index >= 15 is 0 Å². The summed E-state index contributed by atoms with van der Waals surface area (Å²) in [6, 6.07) is 0. The maximum Gasteiger partial charge on any atom is 0.222 e. The first-order valence-corrected chi connectivity index (χ1v) is 6.08. The van der Waals surface area contributed by atoms with Gasteiger partial charge >= 0.3 is 0 Å². The first kappa shape index (κ1) is 13.5. The lowest BCUT2D eigenvalue weighted by atomic mass is 9.96. The van der Waals surface area contributed by atoms with Crippen LogP contribution in [-0.2, 0) is 9.53 Å². The highest BCUT2D eigenvalue weighted by molar-refractivity contribution is 5.75. The summed E-state index contributed by atoms with van der Waals surface area (Å²) in [6.07, 6.45) is 3.68. The lowest BCUT2D eigenvalue weighted by Crippen LogP contribution is -2.45. The zero-order valence-electron chi connectivity index (χ0n) is 10.7. The van der Waals surface area contributed by atoms with Crippen molar-refractivity contribution in [1.29, 1.82) is 0 Å². The molecular formula is C12H24N2O2. The number of nitrogens with zero attached hydrogens (tertiary/aromatic N) is 1. The number of amides is 1. The van der Waals surface area contributed by atoms with Crippen molar-refractivity contribution in [2.45, 2.75) is 38.2 Å². The van der Waals surface area contributed by atoms with Crippen LogP contribution in [0.25, 0.3) is 0 Å². The Kier molecular flexibility index (Phi) is 5.22. The van der Waals surface area contributed by atoms with Crippen molar-refractivity contribution in [3.05, 3.63) is 0 Å². The summed E-state index contributed by atoms with van der Waals surface area (Å²) in [4.78, 5) is 13.0. The Hall–Kier alpha value is -0.610.